The first-order valence-electron chi connectivity index (χ1n) is 6.16. The summed E-state index contributed by atoms with van der Waals surface area (Å²) in [6.45, 7) is 9.02. The first-order valence-corrected chi connectivity index (χ1v) is 6.16. The van der Waals surface area contributed by atoms with Gasteiger partial charge in [0.2, 0.25) is 0 Å². The van der Waals surface area contributed by atoms with Gasteiger partial charge in [0.05, 0.1) is 0 Å². The van der Waals surface area contributed by atoms with E-state index in [1.807, 2.05) is 13.8 Å². The maximum Gasteiger partial charge on any atom is 0.325 e. The number of carboxylic acid groups (broad SMARTS) is 1. The van der Waals surface area contributed by atoms with Gasteiger partial charge in [-0.05, 0) is 40.2 Å². The average Bonchev–Trinajstić information content (AvgIpc) is 2.12. The van der Waals surface area contributed by atoms with Crippen molar-refractivity contribution in [1.82, 2.24) is 5.32 Å². The minimum atomic E-state index is -1.52. The highest BCUT2D eigenvalue weighted by molar-refractivity contribution is 5.99. The van der Waals surface area contributed by atoms with Crippen molar-refractivity contribution in [3.8, 4) is 0 Å². The monoisotopic (exact) mass is 259 g/mol. The molecule has 0 aromatic heterocycles. The number of nitrogens with one attached hydrogen (secondary N) is 1. The third kappa shape index (κ3) is 4.64. The van der Waals surface area contributed by atoms with Gasteiger partial charge in [0.15, 0.2) is 5.41 Å². The van der Waals surface area contributed by atoms with Crippen LogP contribution in [0, 0.1) is 11.3 Å². The van der Waals surface area contributed by atoms with E-state index in [0.29, 0.717) is 0 Å². The van der Waals surface area contributed by atoms with E-state index in [0.717, 1.165) is 0 Å². The maximum absolute atomic E-state index is 12.2. The topological polar surface area (TPSA) is 75.6 Å². The van der Waals surface area contributed by atoms with Gasteiger partial charge in [0.25, 0.3) is 0 Å². The van der Waals surface area contributed by atoms with E-state index in [9.17, 15) is 14.7 Å². The number of carbonyl (C=O) groups excluding carboxylic acids is 1. The summed E-state index contributed by atoms with van der Waals surface area (Å²) in [4.78, 5) is 23.7. The van der Waals surface area contributed by atoms with Crippen LogP contribution in [0.3, 0.4) is 0 Å². The predicted molar refractivity (Wildman–Crippen MR) is 69.3 cm³/mol. The Bertz CT molecular complexity index is 307. The Kier molecular flexibility index (Phi) is 5.80. The van der Waals surface area contributed by atoms with Crippen LogP contribution in [0.4, 0.5) is 0 Å². The lowest BCUT2D eigenvalue weighted by molar-refractivity contribution is -0.177. The first-order chi connectivity index (χ1) is 8.05. The molecule has 0 saturated carbocycles. The zero-order valence-corrected chi connectivity index (χ0v) is 12.2. The Morgan fingerprint density at radius 2 is 1.78 bits per heavy atom. The van der Waals surface area contributed by atoms with E-state index in [4.69, 9.17) is 4.74 Å². The molecule has 106 valence electrons. The fraction of sp³-hybridized carbons (Fsp3) is 0.846. The zero-order chi connectivity index (χ0) is 14.6. The smallest absolute Gasteiger partial charge is 0.325 e. The molecule has 0 aliphatic heterocycles. The molecule has 0 aliphatic rings. The van der Waals surface area contributed by atoms with Crippen molar-refractivity contribution in [2.24, 2.45) is 11.3 Å². The number of aliphatic carboxylic acids is 1. The van der Waals surface area contributed by atoms with E-state index in [2.05, 4.69) is 5.32 Å². The molecule has 0 fully saturated rings. The van der Waals surface area contributed by atoms with Gasteiger partial charge >= 0.3 is 11.9 Å². The van der Waals surface area contributed by atoms with Crippen molar-refractivity contribution in [3.05, 3.63) is 0 Å². The van der Waals surface area contributed by atoms with E-state index in [1.165, 1.54) is 0 Å². The molecule has 0 amide bonds. The second-order valence-corrected chi connectivity index (χ2v) is 6.02. The van der Waals surface area contributed by atoms with Crippen LogP contribution >= 0.6 is 0 Å². The molecule has 0 bridgehead atoms. The molecule has 0 radical (unpaired) electrons. The van der Waals surface area contributed by atoms with Gasteiger partial charge in [-0.1, -0.05) is 13.8 Å². The van der Waals surface area contributed by atoms with Crippen molar-refractivity contribution in [2.75, 3.05) is 13.6 Å². The van der Waals surface area contributed by atoms with E-state index in [-0.39, 0.29) is 18.9 Å². The highest BCUT2D eigenvalue weighted by atomic mass is 16.6. The second kappa shape index (κ2) is 6.18. The van der Waals surface area contributed by atoms with Gasteiger partial charge in [0.1, 0.15) is 5.60 Å². The van der Waals surface area contributed by atoms with Crippen LogP contribution in [0.2, 0.25) is 0 Å². The number of esters is 1. The van der Waals surface area contributed by atoms with Gasteiger partial charge in [-0.25, -0.2) is 0 Å². The molecule has 2 N–H and O–H groups in total. The summed E-state index contributed by atoms with van der Waals surface area (Å²) < 4.78 is 5.26. The summed E-state index contributed by atoms with van der Waals surface area (Å²) in [5, 5.41) is 12.2. The Labute approximate surface area is 109 Å². The summed E-state index contributed by atoms with van der Waals surface area (Å²) in [6.07, 6.45) is 0.248. The molecule has 18 heavy (non-hydrogen) atoms. The number of carbonyl (C=O) groups is 2. The molecule has 0 saturated heterocycles. The molecule has 5 heteroatoms. The lowest BCUT2D eigenvalue weighted by Crippen LogP contribution is -2.50. The third-order valence-corrected chi connectivity index (χ3v) is 2.43. The number of hydrogen-bond acceptors (Lipinski definition) is 4. The van der Waals surface area contributed by atoms with Gasteiger partial charge < -0.3 is 15.2 Å². The quantitative estimate of drug-likeness (QED) is 0.560. The molecular formula is C13H25NO4. The molecule has 0 aliphatic carbocycles. The Morgan fingerprint density at radius 1 is 1.28 bits per heavy atom. The predicted octanol–water partition coefficient (Wildman–Crippen LogP) is 1.66. The summed E-state index contributed by atoms with van der Waals surface area (Å²) in [5.41, 5.74) is -2.21. The first kappa shape index (κ1) is 16.9. The molecule has 5 nitrogen and oxygen atoms in total. The van der Waals surface area contributed by atoms with Gasteiger partial charge in [0, 0.05) is 6.54 Å². The van der Waals surface area contributed by atoms with Crippen LogP contribution < -0.4 is 5.32 Å². The van der Waals surface area contributed by atoms with Crippen LogP contribution in [-0.2, 0) is 14.3 Å². The minimum Gasteiger partial charge on any atom is -0.480 e. The fourth-order valence-electron chi connectivity index (χ4n) is 1.85. The summed E-state index contributed by atoms with van der Waals surface area (Å²) in [7, 11) is 1.63. The largest absolute Gasteiger partial charge is 0.480 e. The summed E-state index contributed by atoms with van der Waals surface area (Å²) in [5.74, 6) is -1.73. The van der Waals surface area contributed by atoms with Crippen LogP contribution in [-0.4, -0.2) is 36.2 Å². The number of ether oxygens (including phenoxy) is 1. The minimum absolute atomic E-state index is 0.0649. The molecule has 0 unspecified atom stereocenters. The summed E-state index contributed by atoms with van der Waals surface area (Å²) in [6, 6.07) is 0. The average molecular weight is 259 g/mol. The van der Waals surface area contributed by atoms with Crippen molar-refractivity contribution < 1.29 is 19.4 Å². The molecule has 0 rings (SSSR count). The van der Waals surface area contributed by atoms with Gasteiger partial charge in [-0.15, -0.1) is 0 Å². The van der Waals surface area contributed by atoms with Crippen molar-refractivity contribution in [1.29, 1.82) is 0 Å². The normalized spacial score (nSPS) is 15.3. The lowest BCUT2D eigenvalue weighted by atomic mass is 9.79. The zero-order valence-electron chi connectivity index (χ0n) is 12.2. The molecule has 1 atom stereocenters. The number of rotatable bonds is 6. The number of carboxylic acids is 1. The Morgan fingerprint density at radius 3 is 2.06 bits per heavy atom. The third-order valence-electron chi connectivity index (χ3n) is 2.43. The highest BCUT2D eigenvalue weighted by Gasteiger charge is 2.48. The Balaban J connectivity index is 5.28. The SMILES string of the molecule is CNC[C@](CC(C)C)(C(=O)O)C(=O)OC(C)(C)C. The molecule has 0 heterocycles. The Hall–Kier alpha value is -1.10. The fourth-order valence-corrected chi connectivity index (χ4v) is 1.85. The van der Waals surface area contributed by atoms with Crippen molar-refractivity contribution >= 4 is 11.9 Å². The lowest BCUT2D eigenvalue weighted by Gasteiger charge is -2.32. The standard InChI is InChI=1S/C13H25NO4/c1-9(2)7-13(8-14-6,10(15)16)11(17)18-12(3,4)5/h9,14H,7-8H2,1-6H3,(H,15,16)/t13-/m1/s1. The van der Waals surface area contributed by atoms with Crippen LogP contribution in [0.25, 0.3) is 0 Å². The van der Waals surface area contributed by atoms with Gasteiger partial charge in [-0.2, -0.15) is 0 Å². The van der Waals surface area contributed by atoms with Crippen LogP contribution in [0.1, 0.15) is 41.0 Å². The molecule has 0 spiro atoms. The van der Waals surface area contributed by atoms with Crippen LogP contribution in [0.15, 0.2) is 0 Å². The van der Waals surface area contributed by atoms with Crippen molar-refractivity contribution in [2.45, 2.75) is 46.6 Å². The van der Waals surface area contributed by atoms with E-state index >= 15 is 0 Å². The maximum atomic E-state index is 12.2. The number of hydrogen-bond donors (Lipinski definition) is 2. The van der Waals surface area contributed by atoms with Crippen molar-refractivity contribution in [3.63, 3.8) is 0 Å². The molecule has 0 aromatic rings. The van der Waals surface area contributed by atoms with Gasteiger partial charge in [-0.3, -0.25) is 9.59 Å². The van der Waals surface area contributed by atoms with E-state index in [1.54, 1.807) is 27.8 Å². The van der Waals surface area contributed by atoms with E-state index < -0.39 is 23.0 Å². The summed E-state index contributed by atoms with van der Waals surface area (Å²) >= 11 is 0. The molecule has 0 aromatic carbocycles. The van der Waals surface area contributed by atoms with Crippen LogP contribution in [0.5, 0.6) is 0 Å². The molecular weight excluding hydrogens is 234 g/mol. The highest BCUT2D eigenvalue weighted by Crippen LogP contribution is 2.30. The second-order valence-electron chi connectivity index (χ2n) is 6.02.